The molecule has 0 amide bonds. The number of esters is 2. The first-order chi connectivity index (χ1) is 27.6. The standard InChI is InChI=1S/C51H90O5/c1-4-7-10-13-16-19-22-25-28-31-34-37-40-43-46-54-47-49(56-51(53)45-42-39-36-33-30-27-24-21-18-15-12-9-6-3)48-55-50(52)44-41-38-35-32-29-26-23-20-17-14-11-8-5-2/h7,10,16,19-21,23-25,28,49H,4-6,8-9,11-15,17-18,22,26-27,29-48H2,1-3H3/b10-7-,19-16-,23-20-,24-21-,28-25-. The van der Waals surface area contributed by atoms with Crippen LogP contribution in [0.5, 0.6) is 0 Å². The molecular weight excluding hydrogens is 693 g/mol. The molecule has 0 bridgehead atoms. The van der Waals surface area contributed by atoms with Crippen molar-refractivity contribution in [1.82, 2.24) is 0 Å². The Morgan fingerprint density at radius 3 is 1.30 bits per heavy atom. The molecule has 0 aliphatic heterocycles. The third-order valence-corrected chi connectivity index (χ3v) is 10.0. The van der Waals surface area contributed by atoms with Crippen LogP contribution in [0.2, 0.25) is 0 Å². The van der Waals surface area contributed by atoms with Crippen molar-refractivity contribution in [3.8, 4) is 0 Å². The Kier molecular flexibility index (Phi) is 45.0. The third-order valence-electron chi connectivity index (χ3n) is 10.0. The summed E-state index contributed by atoms with van der Waals surface area (Å²) < 4.78 is 17.3. The molecule has 0 radical (unpaired) electrons. The fourth-order valence-corrected chi connectivity index (χ4v) is 6.45. The molecule has 0 spiro atoms. The van der Waals surface area contributed by atoms with Crippen LogP contribution in [0.3, 0.4) is 0 Å². The lowest BCUT2D eigenvalue weighted by molar-refractivity contribution is -0.163. The molecular formula is C51H90O5. The van der Waals surface area contributed by atoms with Crippen LogP contribution in [-0.4, -0.2) is 37.9 Å². The van der Waals surface area contributed by atoms with Crippen molar-refractivity contribution < 1.29 is 23.8 Å². The number of allylic oxidation sites excluding steroid dienone is 10. The van der Waals surface area contributed by atoms with Crippen molar-refractivity contribution in [3.63, 3.8) is 0 Å². The van der Waals surface area contributed by atoms with Gasteiger partial charge in [0, 0.05) is 19.4 Å². The summed E-state index contributed by atoms with van der Waals surface area (Å²) in [7, 11) is 0. The number of unbranched alkanes of at least 4 members (excludes halogenated alkanes) is 22. The van der Waals surface area contributed by atoms with Crippen LogP contribution in [-0.2, 0) is 23.8 Å². The summed E-state index contributed by atoms with van der Waals surface area (Å²) in [5.74, 6) is -0.429. The maximum Gasteiger partial charge on any atom is 0.306 e. The minimum Gasteiger partial charge on any atom is -0.462 e. The van der Waals surface area contributed by atoms with Crippen LogP contribution in [0.1, 0.15) is 226 Å². The number of ether oxygens (including phenoxy) is 3. The van der Waals surface area contributed by atoms with Crippen LogP contribution in [0, 0.1) is 0 Å². The minimum atomic E-state index is -0.554. The quantitative estimate of drug-likeness (QED) is 0.0350. The van der Waals surface area contributed by atoms with E-state index < -0.39 is 6.10 Å². The number of carbonyl (C=O) groups is 2. The lowest BCUT2D eigenvalue weighted by Gasteiger charge is -2.18. The normalized spacial score (nSPS) is 12.7. The highest BCUT2D eigenvalue weighted by atomic mass is 16.6. The summed E-state index contributed by atoms with van der Waals surface area (Å²) in [6, 6.07) is 0. The first-order valence-electron chi connectivity index (χ1n) is 23.8. The van der Waals surface area contributed by atoms with Crippen molar-refractivity contribution >= 4 is 11.9 Å². The summed E-state index contributed by atoms with van der Waals surface area (Å²) in [6.07, 6.45) is 57.9. The zero-order valence-electron chi connectivity index (χ0n) is 37.1. The van der Waals surface area contributed by atoms with Crippen molar-refractivity contribution in [2.75, 3.05) is 19.8 Å². The highest BCUT2D eigenvalue weighted by molar-refractivity contribution is 5.70. The summed E-state index contributed by atoms with van der Waals surface area (Å²) in [6.45, 7) is 7.62. The minimum absolute atomic E-state index is 0.0679. The van der Waals surface area contributed by atoms with Crippen molar-refractivity contribution in [1.29, 1.82) is 0 Å². The van der Waals surface area contributed by atoms with Gasteiger partial charge in [0.2, 0.25) is 0 Å². The topological polar surface area (TPSA) is 61.8 Å². The molecule has 324 valence electrons. The summed E-state index contributed by atoms with van der Waals surface area (Å²) >= 11 is 0. The predicted molar refractivity (Wildman–Crippen MR) is 242 cm³/mol. The second kappa shape index (κ2) is 47.0. The van der Waals surface area contributed by atoms with Gasteiger partial charge in [-0.1, -0.05) is 171 Å². The molecule has 5 heteroatoms. The van der Waals surface area contributed by atoms with Crippen LogP contribution in [0.25, 0.3) is 0 Å². The molecule has 0 fully saturated rings. The second-order valence-corrected chi connectivity index (χ2v) is 15.6. The van der Waals surface area contributed by atoms with Crippen molar-refractivity contribution in [2.24, 2.45) is 0 Å². The number of carbonyl (C=O) groups excluding carboxylic acids is 2. The van der Waals surface area contributed by atoms with E-state index in [9.17, 15) is 9.59 Å². The smallest absolute Gasteiger partial charge is 0.306 e. The fourth-order valence-electron chi connectivity index (χ4n) is 6.45. The summed E-state index contributed by atoms with van der Waals surface area (Å²) in [5.41, 5.74) is 0. The molecule has 0 aliphatic carbocycles. The van der Waals surface area contributed by atoms with Crippen LogP contribution < -0.4 is 0 Å². The van der Waals surface area contributed by atoms with E-state index in [0.29, 0.717) is 19.4 Å². The Morgan fingerprint density at radius 1 is 0.411 bits per heavy atom. The first-order valence-corrected chi connectivity index (χ1v) is 23.8. The molecule has 1 atom stereocenters. The van der Waals surface area contributed by atoms with Crippen LogP contribution in [0.4, 0.5) is 0 Å². The molecule has 0 aromatic rings. The van der Waals surface area contributed by atoms with E-state index in [1.54, 1.807) is 0 Å². The molecule has 0 rings (SSSR count). The predicted octanol–water partition coefficient (Wildman–Crippen LogP) is 15.8. The van der Waals surface area contributed by atoms with Crippen molar-refractivity contribution in [3.05, 3.63) is 60.8 Å². The number of hydrogen-bond acceptors (Lipinski definition) is 5. The lowest BCUT2D eigenvalue weighted by atomic mass is 10.1. The second-order valence-electron chi connectivity index (χ2n) is 15.6. The number of rotatable bonds is 43. The van der Waals surface area contributed by atoms with E-state index in [-0.39, 0.29) is 25.2 Å². The molecule has 0 aliphatic rings. The molecule has 0 saturated carbocycles. The highest BCUT2D eigenvalue weighted by Gasteiger charge is 2.17. The summed E-state index contributed by atoms with van der Waals surface area (Å²) in [4.78, 5) is 25.3. The van der Waals surface area contributed by atoms with Gasteiger partial charge in [-0.25, -0.2) is 0 Å². The van der Waals surface area contributed by atoms with Gasteiger partial charge in [-0.3, -0.25) is 9.59 Å². The first kappa shape index (κ1) is 53.6. The average molecular weight is 783 g/mol. The van der Waals surface area contributed by atoms with Crippen LogP contribution >= 0.6 is 0 Å². The summed E-state index contributed by atoms with van der Waals surface area (Å²) in [5, 5.41) is 0. The Bertz CT molecular complexity index is 977. The van der Waals surface area contributed by atoms with E-state index >= 15 is 0 Å². The molecule has 0 aromatic heterocycles. The third kappa shape index (κ3) is 44.3. The zero-order valence-corrected chi connectivity index (χ0v) is 37.1. The molecule has 5 nitrogen and oxygen atoms in total. The Hall–Kier alpha value is -2.40. The van der Waals surface area contributed by atoms with Gasteiger partial charge in [-0.15, -0.1) is 0 Å². The molecule has 0 N–H and O–H groups in total. The lowest BCUT2D eigenvalue weighted by Crippen LogP contribution is -2.30. The maximum atomic E-state index is 12.7. The van der Waals surface area contributed by atoms with E-state index in [0.717, 1.165) is 89.9 Å². The molecule has 1 unspecified atom stereocenters. The maximum absolute atomic E-state index is 12.7. The van der Waals surface area contributed by atoms with Crippen molar-refractivity contribution in [2.45, 2.75) is 232 Å². The molecule has 0 heterocycles. The van der Waals surface area contributed by atoms with Gasteiger partial charge in [-0.2, -0.15) is 0 Å². The Labute approximate surface area is 347 Å². The SMILES string of the molecule is CC/C=C\C/C=C\C/C=C\CCCCCCOCC(COC(=O)CCCCCCC/C=C\CCCCCC)OC(=O)CCCCCCC/C=C\CCCCCC. The Balaban J connectivity index is 4.33. The largest absolute Gasteiger partial charge is 0.462 e. The highest BCUT2D eigenvalue weighted by Crippen LogP contribution is 2.13. The molecule has 0 saturated heterocycles. The van der Waals surface area contributed by atoms with Crippen LogP contribution in [0.15, 0.2) is 60.8 Å². The average Bonchev–Trinajstić information content (AvgIpc) is 3.20. The zero-order chi connectivity index (χ0) is 40.7. The van der Waals surface area contributed by atoms with Gasteiger partial charge in [0.15, 0.2) is 6.10 Å². The molecule has 56 heavy (non-hydrogen) atoms. The number of hydrogen-bond donors (Lipinski definition) is 0. The van der Waals surface area contributed by atoms with Gasteiger partial charge in [-0.05, 0) is 103 Å². The van der Waals surface area contributed by atoms with Gasteiger partial charge in [0.05, 0.1) is 6.61 Å². The van der Waals surface area contributed by atoms with Gasteiger partial charge in [0.1, 0.15) is 6.61 Å². The van der Waals surface area contributed by atoms with Gasteiger partial charge < -0.3 is 14.2 Å². The van der Waals surface area contributed by atoms with E-state index in [4.69, 9.17) is 14.2 Å². The van der Waals surface area contributed by atoms with E-state index in [1.165, 1.54) is 103 Å². The van der Waals surface area contributed by atoms with E-state index in [1.807, 2.05) is 0 Å². The van der Waals surface area contributed by atoms with E-state index in [2.05, 4.69) is 81.5 Å². The Morgan fingerprint density at radius 2 is 0.804 bits per heavy atom. The monoisotopic (exact) mass is 783 g/mol. The van der Waals surface area contributed by atoms with Gasteiger partial charge >= 0.3 is 11.9 Å². The fraction of sp³-hybridized carbons (Fsp3) is 0.765. The molecule has 0 aromatic carbocycles. The van der Waals surface area contributed by atoms with Gasteiger partial charge in [0.25, 0.3) is 0 Å².